The van der Waals surface area contributed by atoms with Crippen molar-refractivity contribution in [2.24, 2.45) is 5.92 Å². The lowest BCUT2D eigenvalue weighted by Crippen LogP contribution is -2.28. The molecule has 0 fully saturated rings. The van der Waals surface area contributed by atoms with E-state index in [1.54, 1.807) is 6.07 Å². The quantitative estimate of drug-likeness (QED) is 0.843. The number of anilines is 1. The van der Waals surface area contributed by atoms with Gasteiger partial charge in [-0.2, -0.15) is 0 Å². The number of carbonyl (C=O) groups excluding carboxylic acids is 1. The molecule has 1 aromatic rings. The van der Waals surface area contributed by atoms with Crippen LogP contribution in [0.2, 0.25) is 0 Å². The van der Waals surface area contributed by atoms with Crippen molar-refractivity contribution in [3.05, 3.63) is 29.6 Å². The first kappa shape index (κ1) is 12.0. The predicted molar refractivity (Wildman–Crippen MR) is 65.2 cm³/mol. The van der Waals surface area contributed by atoms with Gasteiger partial charge >= 0.3 is 0 Å². The highest BCUT2D eigenvalue weighted by atomic mass is 19.1. The maximum absolute atomic E-state index is 13.1. The Hall–Kier alpha value is -1.42. The molecule has 0 aliphatic carbocycles. The van der Waals surface area contributed by atoms with Crippen LogP contribution in [0.5, 0.6) is 0 Å². The van der Waals surface area contributed by atoms with Crippen molar-refractivity contribution in [3.8, 4) is 0 Å². The molecule has 2 rings (SSSR count). The summed E-state index contributed by atoms with van der Waals surface area (Å²) >= 11 is 0. The molecule has 0 saturated heterocycles. The average Bonchev–Trinajstić information content (AvgIpc) is 2.55. The van der Waals surface area contributed by atoms with E-state index in [-0.39, 0.29) is 11.7 Å². The number of nitrogens with one attached hydrogen (secondary N) is 2. The van der Waals surface area contributed by atoms with Crippen LogP contribution < -0.4 is 10.6 Å². The first-order chi connectivity index (χ1) is 8.08. The molecule has 4 heteroatoms. The lowest BCUT2D eigenvalue weighted by atomic mass is 10.1. The fourth-order valence-electron chi connectivity index (χ4n) is 1.95. The van der Waals surface area contributed by atoms with Crippen molar-refractivity contribution < 1.29 is 9.18 Å². The summed E-state index contributed by atoms with van der Waals surface area (Å²) in [6.45, 7) is 5.01. The lowest BCUT2D eigenvalue weighted by molar-refractivity contribution is -0.117. The number of amides is 1. The standard InChI is InChI=1S/C13H17FN2O/c1-8(2)5-6-15-12-10-7-9(14)3-4-11(10)16-13(12)17/h3-4,7-8,12,15H,5-6H2,1-2H3,(H,16,17). The van der Waals surface area contributed by atoms with Gasteiger partial charge in [-0.05, 0) is 37.1 Å². The lowest BCUT2D eigenvalue weighted by Gasteiger charge is -2.12. The minimum Gasteiger partial charge on any atom is -0.324 e. The summed E-state index contributed by atoms with van der Waals surface area (Å²) in [5.41, 5.74) is 1.41. The van der Waals surface area contributed by atoms with Crippen LogP contribution in [0.25, 0.3) is 0 Å². The Balaban J connectivity index is 2.08. The van der Waals surface area contributed by atoms with Gasteiger partial charge < -0.3 is 10.6 Å². The minimum absolute atomic E-state index is 0.102. The summed E-state index contributed by atoms with van der Waals surface area (Å²) in [5, 5.41) is 5.91. The molecule has 0 spiro atoms. The van der Waals surface area contributed by atoms with E-state index in [1.165, 1.54) is 12.1 Å². The molecule has 1 aromatic carbocycles. The molecule has 0 radical (unpaired) electrons. The molecule has 0 saturated carbocycles. The normalized spacial score (nSPS) is 18.4. The van der Waals surface area contributed by atoms with Gasteiger partial charge in [-0.15, -0.1) is 0 Å². The largest absolute Gasteiger partial charge is 0.324 e. The van der Waals surface area contributed by atoms with E-state index < -0.39 is 6.04 Å². The van der Waals surface area contributed by atoms with Crippen LogP contribution in [0, 0.1) is 11.7 Å². The van der Waals surface area contributed by atoms with E-state index in [9.17, 15) is 9.18 Å². The van der Waals surface area contributed by atoms with E-state index in [2.05, 4.69) is 24.5 Å². The molecule has 1 heterocycles. The summed E-state index contributed by atoms with van der Waals surface area (Å²) in [6.07, 6.45) is 0.994. The summed E-state index contributed by atoms with van der Waals surface area (Å²) in [7, 11) is 0. The monoisotopic (exact) mass is 236 g/mol. The smallest absolute Gasteiger partial charge is 0.246 e. The second kappa shape index (κ2) is 4.84. The Labute approximate surface area is 100 Å². The van der Waals surface area contributed by atoms with E-state index in [0.29, 0.717) is 17.2 Å². The molecular formula is C13H17FN2O. The van der Waals surface area contributed by atoms with E-state index in [0.717, 1.165) is 13.0 Å². The maximum Gasteiger partial charge on any atom is 0.246 e. The van der Waals surface area contributed by atoms with Crippen LogP contribution in [-0.4, -0.2) is 12.5 Å². The zero-order valence-electron chi connectivity index (χ0n) is 10.1. The second-order valence-electron chi connectivity index (χ2n) is 4.79. The fraction of sp³-hybridized carbons (Fsp3) is 0.462. The molecule has 0 aromatic heterocycles. The number of halogens is 1. The number of rotatable bonds is 4. The SMILES string of the molecule is CC(C)CCNC1C(=O)Nc2ccc(F)cc21. The van der Waals surface area contributed by atoms with Crippen molar-refractivity contribution in [2.45, 2.75) is 26.3 Å². The molecule has 1 aliphatic heterocycles. The minimum atomic E-state index is -0.417. The van der Waals surface area contributed by atoms with Crippen molar-refractivity contribution >= 4 is 11.6 Å². The zero-order valence-corrected chi connectivity index (χ0v) is 10.1. The van der Waals surface area contributed by atoms with E-state index in [1.807, 2.05) is 0 Å². The summed E-state index contributed by atoms with van der Waals surface area (Å²) in [4.78, 5) is 11.7. The molecule has 1 atom stereocenters. The maximum atomic E-state index is 13.1. The number of hydrogen-bond donors (Lipinski definition) is 2. The Morgan fingerprint density at radius 1 is 1.47 bits per heavy atom. The number of benzene rings is 1. The zero-order chi connectivity index (χ0) is 12.4. The number of fused-ring (bicyclic) bond motifs is 1. The van der Waals surface area contributed by atoms with Gasteiger partial charge in [-0.1, -0.05) is 13.8 Å². The van der Waals surface area contributed by atoms with Crippen LogP contribution in [0.15, 0.2) is 18.2 Å². The summed E-state index contributed by atoms with van der Waals surface area (Å²) < 4.78 is 13.1. The van der Waals surface area contributed by atoms with Crippen LogP contribution in [0.4, 0.5) is 10.1 Å². The van der Waals surface area contributed by atoms with Crippen LogP contribution in [0.3, 0.4) is 0 Å². The van der Waals surface area contributed by atoms with Gasteiger partial charge in [0.15, 0.2) is 0 Å². The third kappa shape index (κ3) is 2.64. The van der Waals surface area contributed by atoms with Crippen molar-refractivity contribution in [2.75, 3.05) is 11.9 Å². The first-order valence-electron chi connectivity index (χ1n) is 5.91. The van der Waals surface area contributed by atoms with Gasteiger partial charge in [0, 0.05) is 11.3 Å². The summed E-state index contributed by atoms with van der Waals surface area (Å²) in [6, 6.07) is 3.96. The highest BCUT2D eigenvalue weighted by molar-refractivity contribution is 6.02. The molecular weight excluding hydrogens is 219 g/mol. The predicted octanol–water partition coefficient (Wildman–Crippen LogP) is 2.45. The topological polar surface area (TPSA) is 41.1 Å². The van der Waals surface area contributed by atoms with Gasteiger partial charge in [-0.3, -0.25) is 4.79 Å². The fourth-order valence-corrected chi connectivity index (χ4v) is 1.95. The van der Waals surface area contributed by atoms with Gasteiger partial charge in [0.25, 0.3) is 0 Å². The summed E-state index contributed by atoms with van der Waals surface area (Å²) in [5.74, 6) is 0.171. The molecule has 1 aliphatic rings. The molecule has 2 N–H and O–H groups in total. The molecule has 17 heavy (non-hydrogen) atoms. The van der Waals surface area contributed by atoms with Crippen molar-refractivity contribution in [1.29, 1.82) is 0 Å². The molecule has 92 valence electrons. The van der Waals surface area contributed by atoms with Gasteiger partial charge in [0.2, 0.25) is 5.91 Å². The van der Waals surface area contributed by atoms with Crippen molar-refractivity contribution in [3.63, 3.8) is 0 Å². The first-order valence-corrected chi connectivity index (χ1v) is 5.91. The number of carbonyl (C=O) groups is 1. The second-order valence-corrected chi connectivity index (χ2v) is 4.79. The Bertz CT molecular complexity index is 431. The Kier molecular flexibility index (Phi) is 3.43. The molecule has 3 nitrogen and oxygen atoms in total. The highest BCUT2D eigenvalue weighted by Crippen LogP contribution is 2.31. The van der Waals surface area contributed by atoms with Crippen LogP contribution in [0.1, 0.15) is 31.9 Å². The van der Waals surface area contributed by atoms with Crippen LogP contribution in [-0.2, 0) is 4.79 Å². The Morgan fingerprint density at radius 2 is 2.24 bits per heavy atom. The average molecular weight is 236 g/mol. The highest BCUT2D eigenvalue weighted by Gasteiger charge is 2.30. The third-order valence-corrected chi connectivity index (χ3v) is 2.91. The molecule has 0 bridgehead atoms. The molecule has 1 unspecified atom stereocenters. The molecule has 1 amide bonds. The van der Waals surface area contributed by atoms with Gasteiger partial charge in [0.1, 0.15) is 11.9 Å². The van der Waals surface area contributed by atoms with Gasteiger partial charge in [0.05, 0.1) is 0 Å². The van der Waals surface area contributed by atoms with E-state index >= 15 is 0 Å². The van der Waals surface area contributed by atoms with Crippen molar-refractivity contribution in [1.82, 2.24) is 5.32 Å². The van der Waals surface area contributed by atoms with Gasteiger partial charge in [-0.25, -0.2) is 4.39 Å². The van der Waals surface area contributed by atoms with Crippen LogP contribution >= 0.6 is 0 Å². The number of hydrogen-bond acceptors (Lipinski definition) is 2. The van der Waals surface area contributed by atoms with E-state index in [4.69, 9.17) is 0 Å². The Morgan fingerprint density at radius 3 is 2.94 bits per heavy atom. The third-order valence-electron chi connectivity index (χ3n) is 2.91.